The van der Waals surface area contributed by atoms with E-state index in [2.05, 4.69) is 0 Å². The monoisotopic (exact) mass is 284 g/mol. The Hall–Kier alpha value is -1.07. The van der Waals surface area contributed by atoms with Gasteiger partial charge in [-0.05, 0) is 6.92 Å². The fourth-order valence-electron chi connectivity index (χ4n) is 1.21. The Labute approximate surface area is 123 Å². The van der Waals surface area contributed by atoms with E-state index < -0.39 is 41.8 Å². The van der Waals surface area contributed by atoms with Crippen molar-refractivity contribution in [3.05, 3.63) is 37.9 Å². The molecule has 0 atom stereocenters. The van der Waals surface area contributed by atoms with Gasteiger partial charge in [-0.1, -0.05) is 0 Å². The summed E-state index contributed by atoms with van der Waals surface area (Å²) in [5.74, 6) is 0. The molecule has 1 rings (SSSR count). The summed E-state index contributed by atoms with van der Waals surface area (Å²) in [6, 6.07) is 1.11. The Bertz CT molecular complexity index is 612. The SMILES string of the molecule is Cc1c([N+](=O)[O-])cc([N+](=O)[O-])cc1S(=O)(=O)[O-].[Na+]. The second-order valence-corrected chi connectivity index (χ2v) is 4.40. The Morgan fingerprint density at radius 2 is 1.61 bits per heavy atom. The van der Waals surface area contributed by atoms with Crippen LogP contribution in [0.1, 0.15) is 5.56 Å². The molecule has 1 aromatic carbocycles. The van der Waals surface area contributed by atoms with E-state index in [0.717, 1.165) is 6.92 Å². The van der Waals surface area contributed by atoms with Crippen molar-refractivity contribution >= 4 is 21.5 Å². The first-order valence-corrected chi connectivity index (χ1v) is 5.44. The number of benzene rings is 1. The van der Waals surface area contributed by atoms with Crippen LogP contribution in [-0.2, 0) is 10.1 Å². The van der Waals surface area contributed by atoms with E-state index in [4.69, 9.17) is 0 Å². The van der Waals surface area contributed by atoms with Gasteiger partial charge < -0.3 is 4.55 Å². The van der Waals surface area contributed by atoms with Gasteiger partial charge in [-0.15, -0.1) is 0 Å². The molecule has 92 valence electrons. The largest absolute Gasteiger partial charge is 1.00 e. The predicted molar refractivity (Wildman–Crippen MR) is 52.5 cm³/mol. The van der Waals surface area contributed by atoms with E-state index in [9.17, 15) is 33.2 Å². The molecule has 0 radical (unpaired) electrons. The fraction of sp³-hybridized carbons (Fsp3) is 0.143. The van der Waals surface area contributed by atoms with E-state index in [0.29, 0.717) is 12.1 Å². The summed E-state index contributed by atoms with van der Waals surface area (Å²) in [4.78, 5) is 18.1. The Balaban J connectivity index is 0.00000289. The summed E-state index contributed by atoms with van der Waals surface area (Å²) in [5.41, 5.74) is -2.03. The number of rotatable bonds is 3. The molecule has 0 heterocycles. The summed E-state index contributed by atoms with van der Waals surface area (Å²) < 4.78 is 32.4. The van der Waals surface area contributed by atoms with Crippen LogP contribution >= 0.6 is 0 Å². The first-order valence-electron chi connectivity index (χ1n) is 4.04. The van der Waals surface area contributed by atoms with Gasteiger partial charge in [0, 0.05) is 11.6 Å². The molecule has 0 fully saturated rings. The van der Waals surface area contributed by atoms with E-state index >= 15 is 0 Å². The quantitative estimate of drug-likeness (QED) is 0.263. The summed E-state index contributed by atoms with van der Waals surface area (Å²) in [7, 11) is -5.00. The van der Waals surface area contributed by atoms with Crippen LogP contribution in [0.5, 0.6) is 0 Å². The number of hydrogen-bond donors (Lipinski definition) is 0. The van der Waals surface area contributed by atoms with Crippen molar-refractivity contribution in [1.29, 1.82) is 0 Å². The fourth-order valence-corrected chi connectivity index (χ4v) is 1.96. The van der Waals surface area contributed by atoms with Gasteiger partial charge in [-0.2, -0.15) is 0 Å². The summed E-state index contributed by atoms with van der Waals surface area (Å²) in [6.07, 6.45) is 0. The van der Waals surface area contributed by atoms with Gasteiger partial charge in [-0.25, -0.2) is 8.42 Å². The minimum Gasteiger partial charge on any atom is -0.744 e. The van der Waals surface area contributed by atoms with Crippen LogP contribution in [0.25, 0.3) is 0 Å². The van der Waals surface area contributed by atoms with E-state index in [-0.39, 0.29) is 29.6 Å². The van der Waals surface area contributed by atoms with Crippen molar-refractivity contribution in [2.45, 2.75) is 11.8 Å². The molecule has 11 heteroatoms. The van der Waals surface area contributed by atoms with E-state index in [1.54, 1.807) is 0 Å². The van der Waals surface area contributed by atoms with Crippen molar-refractivity contribution in [3.63, 3.8) is 0 Å². The average molecular weight is 284 g/mol. The molecule has 0 unspecified atom stereocenters. The second-order valence-electron chi connectivity index (χ2n) is 3.06. The molecule has 0 N–H and O–H groups in total. The summed E-state index contributed by atoms with van der Waals surface area (Å²) >= 11 is 0. The molecule has 0 saturated carbocycles. The Morgan fingerprint density at radius 3 is 1.94 bits per heavy atom. The van der Waals surface area contributed by atoms with Gasteiger partial charge in [0.2, 0.25) is 0 Å². The third-order valence-electron chi connectivity index (χ3n) is 1.99. The number of non-ortho nitro benzene ring substituents is 1. The van der Waals surface area contributed by atoms with Gasteiger partial charge in [0.1, 0.15) is 10.1 Å². The average Bonchev–Trinajstić information content (AvgIpc) is 2.15. The summed E-state index contributed by atoms with van der Waals surface area (Å²) in [6.45, 7) is 1.03. The first kappa shape index (κ1) is 16.9. The molecule has 18 heavy (non-hydrogen) atoms. The van der Waals surface area contributed by atoms with Crippen molar-refractivity contribution in [2.75, 3.05) is 0 Å². The number of nitro benzene ring substituents is 2. The minimum atomic E-state index is -5.00. The number of nitrogens with zero attached hydrogens (tertiary/aromatic N) is 2. The smallest absolute Gasteiger partial charge is 0.744 e. The van der Waals surface area contributed by atoms with Crippen molar-refractivity contribution in [2.24, 2.45) is 0 Å². The topological polar surface area (TPSA) is 143 Å². The van der Waals surface area contributed by atoms with Gasteiger partial charge in [0.15, 0.2) is 0 Å². The third kappa shape index (κ3) is 3.46. The van der Waals surface area contributed by atoms with Crippen LogP contribution in [0, 0.1) is 27.2 Å². The molecule has 0 aliphatic carbocycles. The molecule has 0 aromatic heterocycles. The van der Waals surface area contributed by atoms with Gasteiger partial charge in [-0.3, -0.25) is 20.2 Å². The summed E-state index contributed by atoms with van der Waals surface area (Å²) in [5, 5.41) is 21.0. The van der Waals surface area contributed by atoms with Crippen LogP contribution in [0.2, 0.25) is 0 Å². The van der Waals surface area contributed by atoms with Gasteiger partial charge in [0.25, 0.3) is 11.4 Å². The standard InChI is InChI=1S/C7H6N2O7S.Na/c1-4-6(9(12)13)2-5(8(10)11)3-7(4)17(14,15)16;/h2-3H,1H3,(H,14,15,16);/q;+1/p-1. The maximum absolute atomic E-state index is 10.8. The predicted octanol–water partition coefficient (Wildman–Crippen LogP) is -2.28. The zero-order valence-electron chi connectivity index (χ0n) is 9.32. The molecule has 0 aliphatic heterocycles. The van der Waals surface area contributed by atoms with Crippen LogP contribution in [0.15, 0.2) is 17.0 Å². The zero-order valence-corrected chi connectivity index (χ0v) is 12.1. The van der Waals surface area contributed by atoms with Crippen molar-refractivity contribution < 1.29 is 52.4 Å². The van der Waals surface area contributed by atoms with Crippen LogP contribution in [0.3, 0.4) is 0 Å². The van der Waals surface area contributed by atoms with E-state index in [1.807, 2.05) is 0 Å². The van der Waals surface area contributed by atoms with Crippen molar-refractivity contribution in [1.82, 2.24) is 0 Å². The first-order chi connectivity index (χ1) is 7.64. The van der Waals surface area contributed by atoms with Crippen molar-refractivity contribution in [3.8, 4) is 0 Å². The molecular formula is C7H5N2NaO7S. The Morgan fingerprint density at radius 1 is 1.11 bits per heavy atom. The minimum absolute atomic E-state index is 0. The molecular weight excluding hydrogens is 279 g/mol. The normalized spacial score (nSPS) is 10.6. The molecule has 1 aromatic rings. The molecule has 0 spiro atoms. The van der Waals surface area contributed by atoms with Crippen LogP contribution in [-0.4, -0.2) is 22.8 Å². The molecule has 0 saturated heterocycles. The molecule has 0 amide bonds. The number of nitro groups is 2. The zero-order chi connectivity index (χ0) is 13.4. The molecule has 9 nitrogen and oxygen atoms in total. The second kappa shape index (κ2) is 5.71. The van der Waals surface area contributed by atoms with Crippen LogP contribution in [0.4, 0.5) is 11.4 Å². The number of hydrogen-bond acceptors (Lipinski definition) is 7. The van der Waals surface area contributed by atoms with Gasteiger partial charge >= 0.3 is 29.6 Å². The van der Waals surface area contributed by atoms with Crippen LogP contribution < -0.4 is 29.6 Å². The van der Waals surface area contributed by atoms with E-state index in [1.165, 1.54) is 0 Å². The third-order valence-corrected chi connectivity index (χ3v) is 2.96. The molecule has 0 aliphatic rings. The Kier molecular flexibility index (Phi) is 5.37. The van der Waals surface area contributed by atoms with Gasteiger partial charge in [0.05, 0.1) is 20.8 Å². The molecule has 0 bridgehead atoms. The maximum atomic E-state index is 10.8. The maximum Gasteiger partial charge on any atom is 1.00 e.